The molecule has 0 N–H and O–H groups in total. The third-order valence-corrected chi connectivity index (χ3v) is 7.55. The summed E-state index contributed by atoms with van der Waals surface area (Å²) in [4.78, 5) is 35.8. The van der Waals surface area contributed by atoms with E-state index in [1.807, 2.05) is 48.5 Å². The van der Waals surface area contributed by atoms with Crippen molar-refractivity contribution in [3.63, 3.8) is 0 Å². The lowest BCUT2D eigenvalue weighted by molar-refractivity contribution is 0.571. The highest BCUT2D eigenvalue weighted by Crippen LogP contribution is 2.31. The number of thioether (sulfide) groups is 1. The molecule has 0 unspecified atom stereocenters. The third kappa shape index (κ3) is 3.76. The van der Waals surface area contributed by atoms with Gasteiger partial charge in [0.1, 0.15) is 11.4 Å². The van der Waals surface area contributed by atoms with Crippen molar-refractivity contribution in [3.8, 4) is 17.1 Å². The second-order valence-corrected chi connectivity index (χ2v) is 9.70. The highest BCUT2D eigenvalue weighted by molar-refractivity contribution is 7.98. The number of fused-ring (bicyclic) bond motifs is 4. The first-order chi connectivity index (χ1) is 17.1. The van der Waals surface area contributed by atoms with Crippen LogP contribution in [0.4, 0.5) is 0 Å². The first-order valence-corrected chi connectivity index (χ1v) is 12.8. The number of nitrogens with zero attached hydrogens (tertiary/aromatic N) is 6. The molecule has 3 aliphatic heterocycles. The number of hydrogen-bond acceptors (Lipinski definition) is 6. The van der Waals surface area contributed by atoms with E-state index < -0.39 is 0 Å². The summed E-state index contributed by atoms with van der Waals surface area (Å²) >= 11 is 1.53. The van der Waals surface area contributed by atoms with Crippen molar-refractivity contribution >= 4 is 22.7 Å². The molecule has 0 saturated heterocycles. The van der Waals surface area contributed by atoms with Gasteiger partial charge in [0.25, 0.3) is 11.1 Å². The second kappa shape index (κ2) is 8.81. The smallest absolute Gasteiger partial charge is 0.284 e. The predicted molar refractivity (Wildman–Crippen MR) is 136 cm³/mol. The van der Waals surface area contributed by atoms with Crippen LogP contribution in [-0.4, -0.2) is 28.9 Å². The molecule has 0 aliphatic carbocycles. The van der Waals surface area contributed by atoms with Crippen LogP contribution >= 0.6 is 11.8 Å². The summed E-state index contributed by atoms with van der Waals surface area (Å²) in [6.45, 7) is 0.806. The quantitative estimate of drug-likeness (QED) is 0.285. The van der Waals surface area contributed by atoms with Gasteiger partial charge in [-0.05, 0) is 43.5 Å². The Labute approximate surface area is 205 Å². The van der Waals surface area contributed by atoms with E-state index in [0.29, 0.717) is 33.9 Å². The molecule has 2 aromatic carbocycles. The summed E-state index contributed by atoms with van der Waals surface area (Å²) in [6.07, 6.45) is 3.98. The van der Waals surface area contributed by atoms with Crippen molar-refractivity contribution in [2.45, 2.75) is 43.1 Å². The van der Waals surface area contributed by atoms with Gasteiger partial charge in [-0.1, -0.05) is 48.5 Å². The Balaban J connectivity index is 1.45. The lowest BCUT2D eigenvalue weighted by Gasteiger charge is -2.18. The van der Waals surface area contributed by atoms with Crippen LogP contribution in [0.15, 0.2) is 69.3 Å². The molecule has 0 amide bonds. The van der Waals surface area contributed by atoms with E-state index in [4.69, 9.17) is 9.97 Å². The van der Waals surface area contributed by atoms with Gasteiger partial charge >= 0.3 is 0 Å². The van der Waals surface area contributed by atoms with E-state index in [2.05, 4.69) is 9.67 Å². The zero-order valence-corrected chi connectivity index (χ0v) is 20.2. The zero-order chi connectivity index (χ0) is 23.9. The highest BCUT2D eigenvalue weighted by Gasteiger charge is 2.27. The topological polar surface area (TPSA) is 87.6 Å². The fourth-order valence-corrected chi connectivity index (χ4v) is 5.75. The Hall–Kier alpha value is -3.72. The Morgan fingerprint density at radius 2 is 1.71 bits per heavy atom. The maximum atomic E-state index is 13.4. The molecular weight excluding hydrogens is 460 g/mol. The van der Waals surface area contributed by atoms with Crippen LogP contribution in [0.3, 0.4) is 0 Å². The molecule has 0 atom stereocenters. The summed E-state index contributed by atoms with van der Waals surface area (Å²) in [5, 5.41) is 6.02. The Kier molecular flexibility index (Phi) is 5.49. The second-order valence-electron chi connectivity index (χ2n) is 8.75. The number of hydrogen-bond donors (Lipinski definition) is 0. The summed E-state index contributed by atoms with van der Waals surface area (Å²) in [6, 6.07) is 16.9. The van der Waals surface area contributed by atoms with Crippen LogP contribution in [0, 0.1) is 0 Å². The molecule has 176 valence electrons. The molecule has 4 heterocycles. The average Bonchev–Trinajstić information content (AvgIpc) is 3.04. The molecule has 3 aliphatic rings. The maximum absolute atomic E-state index is 13.4. The van der Waals surface area contributed by atoms with Crippen LogP contribution in [-0.2, 0) is 25.8 Å². The van der Waals surface area contributed by atoms with Gasteiger partial charge in [-0.25, -0.2) is 9.97 Å². The molecule has 0 spiro atoms. The molecule has 9 heteroatoms. The largest absolute Gasteiger partial charge is 0.324 e. The van der Waals surface area contributed by atoms with Crippen molar-refractivity contribution < 1.29 is 0 Å². The van der Waals surface area contributed by atoms with Crippen LogP contribution in [0.2, 0.25) is 0 Å². The average molecular weight is 485 g/mol. The normalized spacial score (nSPS) is 13.7. The number of rotatable bonds is 4. The van der Waals surface area contributed by atoms with E-state index in [-0.39, 0.29) is 11.1 Å². The molecule has 0 saturated carbocycles. The van der Waals surface area contributed by atoms with E-state index in [0.717, 1.165) is 48.8 Å². The minimum atomic E-state index is -0.125. The molecule has 0 radical (unpaired) electrons. The summed E-state index contributed by atoms with van der Waals surface area (Å²) in [7, 11) is 1.76. The summed E-state index contributed by atoms with van der Waals surface area (Å²) < 4.78 is 5.24. The number of benzene rings is 2. The van der Waals surface area contributed by atoms with Crippen LogP contribution < -0.4 is 11.1 Å². The van der Waals surface area contributed by atoms with Gasteiger partial charge in [-0.2, -0.15) is 4.68 Å². The Bertz CT molecular complexity index is 1640. The van der Waals surface area contributed by atoms with Gasteiger partial charge in [0.05, 0.1) is 22.3 Å². The molecule has 35 heavy (non-hydrogen) atoms. The first kappa shape index (κ1) is 21.8. The van der Waals surface area contributed by atoms with E-state index >= 15 is 0 Å². The number of aromatic nitrogens is 6. The molecule has 8 nitrogen and oxygen atoms in total. The predicted octanol–water partition coefficient (Wildman–Crippen LogP) is 3.80. The molecule has 0 fully saturated rings. The van der Waals surface area contributed by atoms with E-state index in [9.17, 15) is 9.59 Å². The maximum Gasteiger partial charge on any atom is 0.284 e. The first-order valence-electron chi connectivity index (χ1n) is 11.8. The van der Waals surface area contributed by atoms with Gasteiger partial charge in [0.15, 0.2) is 11.0 Å². The molecule has 3 aromatic rings. The lowest BCUT2D eigenvalue weighted by atomic mass is 10.1. The van der Waals surface area contributed by atoms with Gasteiger partial charge in [-0.15, -0.1) is 5.10 Å². The van der Waals surface area contributed by atoms with Gasteiger partial charge < -0.3 is 4.57 Å². The molecule has 0 bridgehead atoms. The van der Waals surface area contributed by atoms with E-state index in [1.165, 1.54) is 16.4 Å². The standard InChI is InChI=1S/C26H24N6O2S/c1-30-21(27-19-13-8-7-12-18(19)24(30)33)16-35-26-28-23-22(20-14-6-3-9-15-31(20)26)25(34)32(29-23)17-10-4-2-5-11-17/h2,4-5,7-8,10-13H,3,6,9,14-16H2,1H3. The van der Waals surface area contributed by atoms with E-state index in [1.54, 1.807) is 17.7 Å². The lowest BCUT2D eigenvalue weighted by Crippen LogP contribution is -2.22. The highest BCUT2D eigenvalue weighted by atomic mass is 32.2. The fourth-order valence-electron chi connectivity index (χ4n) is 4.73. The monoisotopic (exact) mass is 484 g/mol. The van der Waals surface area contributed by atoms with Crippen molar-refractivity contribution in [2.75, 3.05) is 0 Å². The molecule has 1 aromatic heterocycles. The van der Waals surface area contributed by atoms with Gasteiger partial charge in [0.2, 0.25) is 0 Å². The van der Waals surface area contributed by atoms with Crippen molar-refractivity contribution in [2.24, 2.45) is 7.05 Å². The molecular formula is C26H24N6O2S. The minimum Gasteiger partial charge on any atom is -0.324 e. The zero-order valence-electron chi connectivity index (χ0n) is 19.3. The summed E-state index contributed by atoms with van der Waals surface area (Å²) in [5.41, 5.74) is 2.85. The fraction of sp³-hybridized carbons (Fsp3) is 0.269. The number of para-hydroxylation sites is 2. The minimum absolute atomic E-state index is 0.0568. The Morgan fingerprint density at radius 3 is 2.57 bits per heavy atom. The third-order valence-electron chi connectivity index (χ3n) is 6.57. The van der Waals surface area contributed by atoms with Crippen LogP contribution in [0.1, 0.15) is 30.8 Å². The van der Waals surface area contributed by atoms with Gasteiger partial charge in [0, 0.05) is 19.3 Å². The van der Waals surface area contributed by atoms with Crippen molar-refractivity contribution in [1.29, 1.82) is 0 Å². The van der Waals surface area contributed by atoms with Crippen LogP contribution in [0.5, 0.6) is 0 Å². The Morgan fingerprint density at radius 1 is 0.914 bits per heavy atom. The van der Waals surface area contributed by atoms with Crippen molar-refractivity contribution in [1.82, 2.24) is 28.9 Å². The summed E-state index contributed by atoms with van der Waals surface area (Å²) in [5.74, 6) is 1.63. The molecule has 6 rings (SSSR count). The van der Waals surface area contributed by atoms with Crippen molar-refractivity contribution in [3.05, 3.63) is 86.8 Å². The van der Waals surface area contributed by atoms with Gasteiger partial charge in [-0.3, -0.25) is 14.2 Å². The SMILES string of the molecule is Cn1c(CSc2nc3nn(-c4ccccc4)c(=O)c-3c3n2CCCCC3)nc2ccccc2c1=O. The van der Waals surface area contributed by atoms with Crippen LogP contribution in [0.25, 0.3) is 28.0 Å².